The molecule has 45 heavy (non-hydrogen) atoms. The van der Waals surface area contributed by atoms with Gasteiger partial charge in [-0.25, -0.2) is 4.98 Å². The average molecular weight is 636 g/mol. The van der Waals surface area contributed by atoms with Crippen molar-refractivity contribution in [3.63, 3.8) is 0 Å². The van der Waals surface area contributed by atoms with E-state index in [0.29, 0.717) is 11.4 Å². The van der Waals surface area contributed by atoms with Gasteiger partial charge in [0.25, 0.3) is 5.78 Å². The molecule has 1 aliphatic rings. The van der Waals surface area contributed by atoms with Crippen LogP contribution in [-0.2, 0) is 42.9 Å². The molecule has 2 aromatic carbocycles. The molecule has 0 radical (unpaired) electrons. The summed E-state index contributed by atoms with van der Waals surface area (Å²) in [5, 5.41) is 13.6. The molecule has 0 amide bonds. The second kappa shape index (κ2) is 13.8. The number of hydrogen-bond acceptors (Lipinski definition) is 14. The Morgan fingerprint density at radius 1 is 0.733 bits per heavy atom. The number of hydrogen-bond donors (Lipinski definition) is 0. The van der Waals surface area contributed by atoms with Crippen molar-refractivity contribution in [2.45, 2.75) is 62.7 Å². The molecule has 0 bridgehead atoms. The minimum atomic E-state index is -1.32. The molecule has 2 aromatic heterocycles. The van der Waals surface area contributed by atoms with Crippen LogP contribution in [0.15, 0.2) is 65.8 Å². The maximum atomic E-state index is 12.2. The van der Waals surface area contributed by atoms with Crippen LogP contribution in [0.25, 0.3) is 28.3 Å². The topological polar surface area (TPSA) is 170 Å². The van der Waals surface area contributed by atoms with E-state index in [0.717, 1.165) is 36.7 Å². The van der Waals surface area contributed by atoms with E-state index in [2.05, 4.69) is 10.2 Å². The Labute approximate surface area is 261 Å². The summed E-state index contributed by atoms with van der Waals surface area (Å²) in [7, 11) is 0. The fraction of sp³-hybridized carbons (Fsp3) is 0.333. The van der Waals surface area contributed by atoms with Gasteiger partial charge >= 0.3 is 23.9 Å². The van der Waals surface area contributed by atoms with Crippen molar-refractivity contribution < 1.29 is 42.9 Å². The first-order chi connectivity index (χ1) is 21.6. The van der Waals surface area contributed by atoms with Gasteiger partial charge in [-0.1, -0.05) is 60.7 Å². The third-order valence-electron chi connectivity index (χ3n) is 6.50. The summed E-state index contributed by atoms with van der Waals surface area (Å²) in [5.41, 5.74) is 1.64. The average Bonchev–Trinajstić information content (AvgIpc) is 3.40. The smallest absolute Gasteiger partial charge is 0.303 e. The zero-order chi connectivity index (χ0) is 32.1. The van der Waals surface area contributed by atoms with E-state index in [-0.39, 0.29) is 17.5 Å². The lowest BCUT2D eigenvalue weighted by molar-refractivity contribution is -0.237. The molecule has 5 rings (SSSR count). The Hall–Kier alpha value is -4.89. The molecule has 5 atom stereocenters. The van der Waals surface area contributed by atoms with E-state index in [1.165, 1.54) is 18.4 Å². The molecule has 0 saturated carbocycles. The molecule has 3 heterocycles. The van der Waals surface area contributed by atoms with E-state index in [1.807, 2.05) is 60.7 Å². The summed E-state index contributed by atoms with van der Waals surface area (Å²) in [4.78, 5) is 52.9. The van der Waals surface area contributed by atoms with Crippen molar-refractivity contribution in [3.8, 4) is 22.5 Å². The Kier molecular flexibility index (Phi) is 9.68. The predicted molar refractivity (Wildman–Crippen MR) is 157 cm³/mol. The van der Waals surface area contributed by atoms with Crippen LogP contribution in [0.3, 0.4) is 0 Å². The Balaban J connectivity index is 1.58. The quantitative estimate of drug-likeness (QED) is 0.194. The molecule has 0 aliphatic carbocycles. The summed E-state index contributed by atoms with van der Waals surface area (Å²) >= 11 is 0.961. The Morgan fingerprint density at radius 3 is 1.87 bits per heavy atom. The number of carbonyl (C=O) groups excluding carboxylic acids is 4. The van der Waals surface area contributed by atoms with Crippen LogP contribution < -0.4 is 0 Å². The van der Waals surface area contributed by atoms with Crippen molar-refractivity contribution in [2.24, 2.45) is 0 Å². The van der Waals surface area contributed by atoms with Gasteiger partial charge in [-0.15, -0.1) is 10.2 Å². The van der Waals surface area contributed by atoms with Gasteiger partial charge in [0.1, 0.15) is 24.1 Å². The summed E-state index contributed by atoms with van der Waals surface area (Å²) in [6.07, 6.45) is -5.00. The first-order valence-electron chi connectivity index (χ1n) is 13.8. The van der Waals surface area contributed by atoms with Gasteiger partial charge in [0.15, 0.2) is 23.7 Å². The van der Waals surface area contributed by atoms with Crippen molar-refractivity contribution in [1.29, 1.82) is 0 Å². The minimum absolute atomic E-state index is 0.182. The molecule has 0 N–H and O–H groups in total. The van der Waals surface area contributed by atoms with Crippen LogP contribution >= 0.6 is 11.8 Å². The number of thioether (sulfide) groups is 1. The second-order valence-electron chi connectivity index (χ2n) is 9.92. The number of aromatic nitrogens is 5. The van der Waals surface area contributed by atoms with E-state index in [9.17, 15) is 19.2 Å². The highest BCUT2D eigenvalue weighted by molar-refractivity contribution is 7.99. The number of benzene rings is 2. The van der Waals surface area contributed by atoms with Crippen LogP contribution in [0.1, 0.15) is 27.7 Å². The van der Waals surface area contributed by atoms with Crippen LogP contribution in [0, 0.1) is 0 Å². The second-order valence-corrected chi connectivity index (χ2v) is 11.0. The monoisotopic (exact) mass is 635 g/mol. The Morgan fingerprint density at radius 2 is 1.29 bits per heavy atom. The van der Waals surface area contributed by atoms with Crippen molar-refractivity contribution in [2.75, 3.05) is 6.61 Å². The largest absolute Gasteiger partial charge is 0.463 e. The third-order valence-corrected chi connectivity index (χ3v) is 7.57. The summed E-state index contributed by atoms with van der Waals surface area (Å²) in [6, 6.07) is 19.0. The van der Waals surface area contributed by atoms with Crippen LogP contribution in [0.2, 0.25) is 0 Å². The first-order valence-corrected chi connectivity index (χ1v) is 14.7. The Bertz CT molecular complexity index is 1700. The lowest BCUT2D eigenvalue weighted by Crippen LogP contribution is -2.61. The lowest BCUT2D eigenvalue weighted by atomic mass is 9.99. The van der Waals surface area contributed by atoms with E-state index in [1.54, 1.807) is 0 Å². The van der Waals surface area contributed by atoms with Gasteiger partial charge in [0.2, 0.25) is 5.16 Å². The van der Waals surface area contributed by atoms with Gasteiger partial charge in [-0.2, -0.15) is 9.61 Å². The molecule has 1 fully saturated rings. The summed E-state index contributed by atoms with van der Waals surface area (Å²) < 4.78 is 29.4. The SMILES string of the molecule is CC(=O)OC[C@H]1O[C@@H](Sc2nnc3nc(-c4ccccc4)c(-c4ccccc4)nn23)[C@H](OC(C)=O)[C@@H](OC(C)=O)[C@@H]1OC(C)=O. The third kappa shape index (κ3) is 7.44. The van der Waals surface area contributed by atoms with Gasteiger partial charge in [0, 0.05) is 38.8 Å². The van der Waals surface area contributed by atoms with Crippen molar-refractivity contribution in [3.05, 3.63) is 60.7 Å². The van der Waals surface area contributed by atoms with Crippen LogP contribution in [0.4, 0.5) is 0 Å². The lowest BCUT2D eigenvalue weighted by Gasteiger charge is -2.43. The fourth-order valence-electron chi connectivity index (χ4n) is 4.76. The van der Waals surface area contributed by atoms with Gasteiger partial charge in [-0.05, 0) is 11.8 Å². The molecule has 1 saturated heterocycles. The van der Waals surface area contributed by atoms with Gasteiger partial charge in [0.05, 0.1) is 0 Å². The number of carbonyl (C=O) groups is 4. The van der Waals surface area contributed by atoms with Gasteiger partial charge < -0.3 is 23.7 Å². The normalized spacial score (nSPS) is 21.1. The number of fused-ring (bicyclic) bond motifs is 1. The minimum Gasteiger partial charge on any atom is -0.463 e. The highest BCUT2D eigenvalue weighted by Crippen LogP contribution is 2.38. The first kappa shape index (κ1) is 31.5. The molecule has 0 unspecified atom stereocenters. The number of esters is 4. The molecular formula is C30H29N5O9S. The van der Waals surface area contributed by atoms with E-state index < -0.39 is 53.7 Å². The number of rotatable bonds is 9. The maximum Gasteiger partial charge on any atom is 0.303 e. The molecular weight excluding hydrogens is 606 g/mol. The molecule has 4 aromatic rings. The molecule has 234 valence electrons. The molecule has 14 nitrogen and oxygen atoms in total. The molecule has 1 aliphatic heterocycles. The van der Waals surface area contributed by atoms with E-state index >= 15 is 0 Å². The highest BCUT2D eigenvalue weighted by atomic mass is 32.2. The zero-order valence-electron chi connectivity index (χ0n) is 24.7. The molecule has 0 spiro atoms. The zero-order valence-corrected chi connectivity index (χ0v) is 25.5. The predicted octanol–water partition coefficient (Wildman–Crippen LogP) is 3.03. The highest BCUT2D eigenvalue weighted by Gasteiger charge is 2.53. The number of ether oxygens (including phenoxy) is 5. The van der Waals surface area contributed by atoms with Crippen molar-refractivity contribution in [1.82, 2.24) is 24.8 Å². The van der Waals surface area contributed by atoms with Crippen LogP contribution in [0.5, 0.6) is 0 Å². The van der Waals surface area contributed by atoms with Crippen molar-refractivity contribution >= 4 is 41.4 Å². The number of nitrogens with zero attached hydrogens (tertiary/aromatic N) is 5. The summed E-state index contributed by atoms with van der Waals surface area (Å²) in [6.45, 7) is 4.34. The van der Waals surface area contributed by atoms with E-state index in [4.69, 9.17) is 33.8 Å². The van der Waals surface area contributed by atoms with Crippen LogP contribution in [-0.4, -0.2) is 85.1 Å². The standard InChI is InChI=1S/C30H29N5O9S/c1-16(36)40-15-22-25(41-17(2)37)26(42-18(3)38)27(43-19(4)39)28(44-22)45-30-33-32-29-31-23(20-11-7-5-8-12-20)24(34-35(29)30)21-13-9-6-10-14-21/h5-14,22,25-28H,15H2,1-4H3/t22-,25-,26+,27-,28+/m1/s1. The maximum absolute atomic E-state index is 12.2. The molecule has 15 heteroatoms. The van der Waals surface area contributed by atoms with Gasteiger partial charge in [-0.3, -0.25) is 19.2 Å². The summed E-state index contributed by atoms with van der Waals surface area (Å²) in [5.74, 6) is -2.59. The fourth-order valence-corrected chi connectivity index (χ4v) is 5.82.